The van der Waals surface area contributed by atoms with E-state index in [1.165, 1.54) is 11.1 Å². The molecule has 2 atom stereocenters. The molecule has 1 N–H and O–H groups in total. The van der Waals surface area contributed by atoms with Crippen molar-refractivity contribution in [1.29, 1.82) is 0 Å². The number of rotatable bonds is 9. The topological polar surface area (TPSA) is 80.7 Å². The Morgan fingerprint density at radius 2 is 1.53 bits per heavy atom. The predicted molar refractivity (Wildman–Crippen MR) is 137 cm³/mol. The third-order valence-corrected chi connectivity index (χ3v) is 7.07. The third kappa shape index (κ3) is 5.59. The lowest BCUT2D eigenvalue weighted by Gasteiger charge is -2.38. The second kappa shape index (κ2) is 11.2. The molecule has 3 heterocycles. The molecule has 2 fully saturated rings. The van der Waals surface area contributed by atoms with Gasteiger partial charge in [-0.15, -0.1) is 0 Å². The number of nitrogens with one attached hydrogen (secondary N) is 1. The van der Waals surface area contributed by atoms with E-state index in [0.29, 0.717) is 13.1 Å². The van der Waals surface area contributed by atoms with E-state index in [2.05, 4.69) is 68.5 Å². The molecular weight excluding hydrogens is 456 g/mol. The number of carbonyl (C=O) groups is 2. The number of carbonyl (C=O) groups excluding carboxylic acids is 2. The number of morpholine rings is 1. The van der Waals surface area contributed by atoms with Crippen LogP contribution in [0.25, 0.3) is 0 Å². The van der Waals surface area contributed by atoms with Crippen LogP contribution in [0.4, 0.5) is 4.79 Å². The first-order valence-corrected chi connectivity index (χ1v) is 12.6. The van der Waals surface area contributed by atoms with E-state index in [-0.39, 0.29) is 5.91 Å². The Bertz CT molecular complexity index is 1030. The fourth-order valence-corrected chi connectivity index (χ4v) is 5.11. The summed E-state index contributed by atoms with van der Waals surface area (Å²) in [4.78, 5) is 38.7. The van der Waals surface area contributed by atoms with Gasteiger partial charge in [0.05, 0.1) is 19.8 Å². The number of benzene rings is 2. The van der Waals surface area contributed by atoms with E-state index in [1.54, 1.807) is 11.9 Å². The van der Waals surface area contributed by atoms with Gasteiger partial charge in [-0.05, 0) is 11.1 Å². The average molecular weight is 491 g/mol. The molecule has 0 aromatic heterocycles. The van der Waals surface area contributed by atoms with Gasteiger partial charge >= 0.3 is 6.03 Å². The van der Waals surface area contributed by atoms with E-state index >= 15 is 0 Å². The number of hydrogen-bond acceptors (Lipinski definition) is 7. The average Bonchev–Trinajstić information content (AvgIpc) is 3.26. The maximum atomic E-state index is 13.0. The van der Waals surface area contributed by atoms with Gasteiger partial charge in [0, 0.05) is 46.3 Å². The van der Waals surface area contributed by atoms with Gasteiger partial charge in [0.25, 0.3) is 5.91 Å². The summed E-state index contributed by atoms with van der Waals surface area (Å²) in [6.45, 7) is 6.79. The summed E-state index contributed by atoms with van der Waals surface area (Å²) in [6, 6.07) is 19.9. The van der Waals surface area contributed by atoms with Crippen LogP contribution in [0.15, 0.2) is 65.7 Å². The lowest BCUT2D eigenvalue weighted by molar-refractivity contribution is -0.127. The lowest BCUT2D eigenvalue weighted by atomic mass is 10.1. The Balaban J connectivity index is 1.39. The summed E-state index contributed by atoms with van der Waals surface area (Å²) in [6.07, 6.45) is -0.513. The largest absolute Gasteiger partial charge is 0.379 e. The Kier molecular flexibility index (Phi) is 7.60. The van der Waals surface area contributed by atoms with Gasteiger partial charge in [0.1, 0.15) is 5.84 Å². The van der Waals surface area contributed by atoms with Crippen LogP contribution in [0.5, 0.6) is 0 Å². The third-order valence-electron chi connectivity index (χ3n) is 7.07. The van der Waals surface area contributed by atoms with Gasteiger partial charge in [0.15, 0.2) is 12.2 Å². The van der Waals surface area contributed by atoms with Gasteiger partial charge in [-0.25, -0.2) is 9.79 Å². The maximum absolute atomic E-state index is 13.0. The van der Waals surface area contributed by atoms with Crippen molar-refractivity contribution in [3.05, 3.63) is 71.8 Å². The first-order chi connectivity index (χ1) is 17.6. The van der Waals surface area contributed by atoms with Crippen molar-refractivity contribution in [2.24, 2.45) is 4.99 Å². The molecule has 3 aliphatic rings. The van der Waals surface area contributed by atoms with E-state index < -0.39 is 18.2 Å². The van der Waals surface area contributed by atoms with Crippen LogP contribution in [0.1, 0.15) is 11.1 Å². The van der Waals surface area contributed by atoms with Gasteiger partial charge < -0.3 is 14.5 Å². The number of likely N-dealkylation sites (N-methyl/N-ethyl adjacent to an activating group) is 1. The van der Waals surface area contributed by atoms with Crippen LogP contribution in [0.3, 0.4) is 0 Å². The number of amides is 3. The number of nitrogens with zero attached hydrogens (tertiary/aromatic N) is 5. The zero-order valence-electron chi connectivity index (χ0n) is 20.8. The van der Waals surface area contributed by atoms with Crippen LogP contribution in [-0.4, -0.2) is 103 Å². The highest BCUT2D eigenvalue weighted by molar-refractivity contribution is 6.04. The summed E-state index contributed by atoms with van der Waals surface area (Å²) in [5.74, 6) is 0.573. The monoisotopic (exact) mass is 490 g/mol. The van der Waals surface area contributed by atoms with Crippen LogP contribution in [0.2, 0.25) is 0 Å². The van der Waals surface area contributed by atoms with Crippen molar-refractivity contribution in [3.8, 4) is 0 Å². The molecular formula is C27H34N6O3. The van der Waals surface area contributed by atoms with E-state index in [4.69, 9.17) is 9.73 Å². The highest BCUT2D eigenvalue weighted by Gasteiger charge is 2.48. The molecule has 9 heteroatoms. The van der Waals surface area contributed by atoms with Crippen molar-refractivity contribution < 1.29 is 14.3 Å². The van der Waals surface area contributed by atoms with E-state index in [9.17, 15) is 9.59 Å². The molecule has 0 saturated carbocycles. The molecule has 36 heavy (non-hydrogen) atoms. The van der Waals surface area contributed by atoms with Gasteiger partial charge in [-0.2, -0.15) is 0 Å². The fraction of sp³-hybridized carbons (Fsp3) is 0.444. The summed E-state index contributed by atoms with van der Waals surface area (Å²) >= 11 is 0. The second-order valence-electron chi connectivity index (χ2n) is 9.57. The number of fused-ring (bicyclic) bond motifs is 1. The molecule has 3 amide bonds. The summed E-state index contributed by atoms with van der Waals surface area (Å²) in [7, 11) is 1.71. The summed E-state index contributed by atoms with van der Waals surface area (Å²) < 4.78 is 5.49. The highest BCUT2D eigenvalue weighted by atomic mass is 16.5. The smallest absolute Gasteiger partial charge is 0.325 e. The van der Waals surface area contributed by atoms with Crippen molar-refractivity contribution in [2.45, 2.75) is 25.3 Å². The minimum absolute atomic E-state index is 0.276. The normalized spacial score (nSPS) is 22.6. The number of ether oxygens (including phenoxy) is 1. The maximum Gasteiger partial charge on any atom is 0.325 e. The van der Waals surface area contributed by atoms with Crippen molar-refractivity contribution >= 4 is 17.8 Å². The molecule has 2 saturated heterocycles. The number of aliphatic imine (C=N–C) groups is 1. The zero-order chi connectivity index (χ0) is 24.9. The number of urea groups is 1. The molecule has 2 unspecified atom stereocenters. The Morgan fingerprint density at radius 1 is 0.917 bits per heavy atom. The molecule has 0 spiro atoms. The molecule has 2 aromatic rings. The molecule has 2 aromatic carbocycles. The standard InChI is InChI=1S/C27H34N6O3/c1-30-25-24(26(34)29-27(30)35)33(13-12-31-14-16-36-17-15-31)23(28-25)20-32(18-21-8-4-2-5-9-21)19-22-10-6-3-7-11-22/h2-11,24-25H,12-20H2,1H3,(H,29,34,35). The Labute approximate surface area is 212 Å². The van der Waals surface area contributed by atoms with Crippen LogP contribution >= 0.6 is 0 Å². The van der Waals surface area contributed by atoms with Gasteiger partial charge in [0.2, 0.25) is 0 Å². The van der Waals surface area contributed by atoms with Crippen molar-refractivity contribution in [1.82, 2.24) is 24.9 Å². The van der Waals surface area contributed by atoms with E-state index in [0.717, 1.165) is 51.8 Å². The van der Waals surface area contributed by atoms with Gasteiger partial charge in [-0.3, -0.25) is 19.9 Å². The van der Waals surface area contributed by atoms with Crippen LogP contribution < -0.4 is 5.32 Å². The lowest BCUT2D eigenvalue weighted by Crippen LogP contribution is -2.64. The molecule has 5 rings (SSSR count). The first-order valence-electron chi connectivity index (χ1n) is 12.6. The van der Waals surface area contributed by atoms with Crippen molar-refractivity contribution in [3.63, 3.8) is 0 Å². The molecule has 0 bridgehead atoms. The zero-order valence-corrected chi connectivity index (χ0v) is 20.8. The quantitative estimate of drug-likeness (QED) is 0.575. The Morgan fingerprint density at radius 3 is 2.14 bits per heavy atom. The van der Waals surface area contributed by atoms with Gasteiger partial charge in [-0.1, -0.05) is 60.7 Å². The number of hydrogen-bond donors (Lipinski definition) is 1. The van der Waals surface area contributed by atoms with E-state index in [1.807, 2.05) is 12.1 Å². The van der Waals surface area contributed by atoms with Crippen LogP contribution in [-0.2, 0) is 22.6 Å². The molecule has 9 nitrogen and oxygen atoms in total. The highest BCUT2D eigenvalue weighted by Crippen LogP contribution is 2.25. The summed E-state index contributed by atoms with van der Waals surface area (Å²) in [5.41, 5.74) is 2.43. The molecule has 3 aliphatic heterocycles. The molecule has 190 valence electrons. The fourth-order valence-electron chi connectivity index (χ4n) is 5.11. The second-order valence-corrected chi connectivity index (χ2v) is 9.57. The Hall–Kier alpha value is -3.27. The number of amidine groups is 1. The first kappa shape index (κ1) is 24.4. The minimum atomic E-state index is -0.515. The SMILES string of the molecule is CN1C(=O)NC(=O)C2C1N=C(CN(Cc1ccccc1)Cc1ccccc1)N2CCN1CCOCC1. The minimum Gasteiger partial charge on any atom is -0.379 e. The van der Waals surface area contributed by atoms with Crippen molar-refractivity contribution in [2.75, 3.05) is 53.0 Å². The predicted octanol–water partition coefficient (Wildman–Crippen LogP) is 1.61. The molecule has 0 aliphatic carbocycles. The summed E-state index contributed by atoms with van der Waals surface area (Å²) in [5, 5.41) is 2.51. The van der Waals surface area contributed by atoms with Crippen LogP contribution in [0, 0.1) is 0 Å². The number of imide groups is 1. The molecule has 0 radical (unpaired) electrons.